The lowest BCUT2D eigenvalue weighted by molar-refractivity contribution is -0.143. The van der Waals surface area contributed by atoms with Gasteiger partial charge in [0.25, 0.3) is 0 Å². The van der Waals surface area contributed by atoms with Gasteiger partial charge >= 0.3 is 12.4 Å². The fourth-order valence-corrected chi connectivity index (χ4v) is 4.22. The summed E-state index contributed by atoms with van der Waals surface area (Å²) in [6.07, 6.45) is -8.03. The third-order valence-corrected chi connectivity index (χ3v) is 5.98. The number of carbonyl (C=O) groups is 2. The average Bonchev–Trinajstić information content (AvgIpc) is 3.42. The molecule has 2 aromatic carbocycles. The van der Waals surface area contributed by atoms with Crippen LogP contribution in [0.4, 0.5) is 43.4 Å². The van der Waals surface area contributed by atoms with Crippen LogP contribution in [0, 0.1) is 5.92 Å². The molecule has 0 aromatic heterocycles. The van der Waals surface area contributed by atoms with Gasteiger partial charge in [0, 0.05) is 43.1 Å². The van der Waals surface area contributed by atoms with Crippen molar-refractivity contribution < 1.29 is 35.9 Å². The first-order valence-electron chi connectivity index (χ1n) is 10.7. The van der Waals surface area contributed by atoms with E-state index in [2.05, 4.69) is 10.2 Å². The molecule has 2 amide bonds. The monoisotopic (exact) mass is 485 g/mol. The van der Waals surface area contributed by atoms with E-state index in [0.717, 1.165) is 31.6 Å². The molecule has 34 heavy (non-hydrogen) atoms. The Bertz CT molecular complexity index is 1040. The molecule has 11 heteroatoms. The summed E-state index contributed by atoms with van der Waals surface area (Å²) in [5, 5.41) is 2.12. The zero-order valence-corrected chi connectivity index (χ0v) is 17.8. The van der Waals surface area contributed by atoms with Crippen molar-refractivity contribution in [1.29, 1.82) is 0 Å². The Balaban J connectivity index is 1.48. The highest BCUT2D eigenvalue weighted by molar-refractivity contribution is 6.03. The van der Waals surface area contributed by atoms with E-state index in [1.54, 1.807) is 12.1 Å². The highest BCUT2D eigenvalue weighted by Crippen LogP contribution is 2.38. The van der Waals surface area contributed by atoms with Crippen LogP contribution < -0.4 is 15.1 Å². The summed E-state index contributed by atoms with van der Waals surface area (Å²) >= 11 is 0. The minimum Gasteiger partial charge on any atom is -0.372 e. The largest absolute Gasteiger partial charge is 0.416 e. The lowest BCUT2D eigenvalue weighted by Crippen LogP contribution is -2.28. The van der Waals surface area contributed by atoms with E-state index in [-0.39, 0.29) is 24.9 Å². The van der Waals surface area contributed by atoms with Crippen molar-refractivity contribution in [2.24, 2.45) is 5.92 Å². The second-order valence-electron chi connectivity index (χ2n) is 8.40. The van der Waals surface area contributed by atoms with E-state index in [1.807, 2.05) is 12.1 Å². The van der Waals surface area contributed by atoms with Gasteiger partial charge in [0.05, 0.1) is 17.0 Å². The van der Waals surface area contributed by atoms with Crippen molar-refractivity contribution in [2.75, 3.05) is 34.8 Å². The molecule has 2 saturated heterocycles. The first-order chi connectivity index (χ1) is 15.9. The van der Waals surface area contributed by atoms with Gasteiger partial charge in [-0.05, 0) is 55.3 Å². The van der Waals surface area contributed by atoms with Crippen LogP contribution in [0.3, 0.4) is 0 Å². The number of carbonyl (C=O) groups excluding carboxylic acids is 2. The fraction of sp³-hybridized carbons (Fsp3) is 0.391. The Morgan fingerprint density at radius 1 is 0.853 bits per heavy atom. The van der Waals surface area contributed by atoms with E-state index in [0.29, 0.717) is 17.8 Å². The molecule has 0 aliphatic carbocycles. The third-order valence-electron chi connectivity index (χ3n) is 5.98. The number of hydrogen-bond donors (Lipinski definition) is 1. The molecule has 0 radical (unpaired) electrons. The molecule has 2 aliphatic rings. The zero-order valence-electron chi connectivity index (χ0n) is 17.8. The summed E-state index contributed by atoms with van der Waals surface area (Å²) in [4.78, 5) is 28.7. The van der Waals surface area contributed by atoms with Crippen molar-refractivity contribution in [1.82, 2.24) is 0 Å². The quantitative estimate of drug-likeness (QED) is 0.597. The SMILES string of the molecule is O=C(Nc1cc(C(F)(F)F)cc(C(F)(F)F)c1)C1CC(=O)N(c2ccc(N3CCCC3)cc2)C1. The molecular formula is C23H21F6N3O2. The number of nitrogens with one attached hydrogen (secondary N) is 1. The molecule has 1 N–H and O–H groups in total. The molecule has 0 bridgehead atoms. The molecule has 0 saturated carbocycles. The van der Waals surface area contributed by atoms with Gasteiger partial charge in [-0.1, -0.05) is 0 Å². The lowest BCUT2D eigenvalue weighted by atomic mass is 10.1. The number of benzene rings is 2. The molecule has 4 rings (SSSR count). The minimum absolute atomic E-state index is 0.0116. The second-order valence-corrected chi connectivity index (χ2v) is 8.40. The van der Waals surface area contributed by atoms with Crippen LogP contribution in [0.5, 0.6) is 0 Å². The van der Waals surface area contributed by atoms with E-state index < -0.39 is 41.0 Å². The van der Waals surface area contributed by atoms with E-state index in [9.17, 15) is 35.9 Å². The molecule has 2 fully saturated rings. The molecule has 182 valence electrons. The fourth-order valence-electron chi connectivity index (χ4n) is 4.22. The Morgan fingerprint density at radius 2 is 1.38 bits per heavy atom. The number of hydrogen-bond acceptors (Lipinski definition) is 3. The van der Waals surface area contributed by atoms with E-state index in [4.69, 9.17) is 0 Å². The summed E-state index contributed by atoms with van der Waals surface area (Å²) in [6, 6.07) is 8.15. The summed E-state index contributed by atoms with van der Waals surface area (Å²) in [6.45, 7) is 1.88. The second kappa shape index (κ2) is 8.84. The van der Waals surface area contributed by atoms with Gasteiger partial charge in [-0.15, -0.1) is 0 Å². The molecule has 1 unspecified atom stereocenters. The molecule has 2 heterocycles. The minimum atomic E-state index is -5.03. The number of anilines is 3. The van der Waals surface area contributed by atoms with E-state index in [1.165, 1.54) is 4.90 Å². The van der Waals surface area contributed by atoms with Gasteiger partial charge in [0.15, 0.2) is 0 Å². The Morgan fingerprint density at radius 3 is 1.91 bits per heavy atom. The van der Waals surface area contributed by atoms with Crippen molar-refractivity contribution >= 4 is 28.9 Å². The van der Waals surface area contributed by atoms with Crippen LogP contribution >= 0.6 is 0 Å². The number of alkyl halides is 6. The van der Waals surface area contributed by atoms with Gasteiger partial charge < -0.3 is 15.1 Å². The molecule has 2 aliphatic heterocycles. The molecule has 5 nitrogen and oxygen atoms in total. The van der Waals surface area contributed by atoms with Gasteiger partial charge in [0.1, 0.15) is 0 Å². The molecule has 0 spiro atoms. The normalized spacial score (nSPS) is 19.1. The van der Waals surface area contributed by atoms with Gasteiger partial charge in [-0.2, -0.15) is 26.3 Å². The number of amides is 2. The zero-order chi connectivity index (χ0) is 24.7. The Hall–Kier alpha value is -3.24. The summed E-state index contributed by atoms with van der Waals surface area (Å²) in [5.74, 6) is -2.10. The third kappa shape index (κ3) is 5.13. The first kappa shape index (κ1) is 23.9. The van der Waals surface area contributed by atoms with Crippen LogP contribution in [0.1, 0.15) is 30.4 Å². The maximum atomic E-state index is 13.1. The van der Waals surface area contributed by atoms with Crippen LogP contribution in [0.15, 0.2) is 42.5 Å². The van der Waals surface area contributed by atoms with Crippen molar-refractivity contribution in [3.05, 3.63) is 53.6 Å². The smallest absolute Gasteiger partial charge is 0.372 e. The van der Waals surface area contributed by atoms with E-state index >= 15 is 0 Å². The van der Waals surface area contributed by atoms with Crippen LogP contribution in [-0.2, 0) is 21.9 Å². The number of nitrogens with zero attached hydrogens (tertiary/aromatic N) is 2. The van der Waals surface area contributed by atoms with Gasteiger partial charge in [0.2, 0.25) is 11.8 Å². The first-order valence-corrected chi connectivity index (χ1v) is 10.7. The number of rotatable bonds is 4. The summed E-state index contributed by atoms with van der Waals surface area (Å²) < 4.78 is 78.3. The summed E-state index contributed by atoms with van der Waals surface area (Å²) in [7, 11) is 0. The maximum Gasteiger partial charge on any atom is 0.416 e. The topological polar surface area (TPSA) is 52.7 Å². The predicted octanol–water partition coefficient (Wildman–Crippen LogP) is 5.32. The summed E-state index contributed by atoms with van der Waals surface area (Å²) in [5.41, 5.74) is -2.10. The van der Waals surface area contributed by atoms with Crippen molar-refractivity contribution in [3.8, 4) is 0 Å². The Kier molecular flexibility index (Phi) is 6.22. The van der Waals surface area contributed by atoms with Crippen LogP contribution in [0.2, 0.25) is 0 Å². The van der Waals surface area contributed by atoms with Gasteiger partial charge in [-0.25, -0.2) is 0 Å². The van der Waals surface area contributed by atoms with Crippen LogP contribution in [-0.4, -0.2) is 31.4 Å². The molecule has 1 atom stereocenters. The predicted molar refractivity (Wildman–Crippen MR) is 113 cm³/mol. The molecule has 2 aromatic rings. The number of halogens is 6. The Labute approximate surface area is 191 Å². The van der Waals surface area contributed by atoms with Crippen molar-refractivity contribution in [3.63, 3.8) is 0 Å². The highest BCUT2D eigenvalue weighted by Gasteiger charge is 2.38. The lowest BCUT2D eigenvalue weighted by Gasteiger charge is -2.21. The standard InChI is InChI=1S/C23H21F6N3O2/c24-22(25,26)15-10-16(23(27,28)29)12-17(11-15)30-21(34)14-9-20(33)32(13-14)19-5-3-18(4-6-19)31-7-1-2-8-31/h3-6,10-12,14H,1-2,7-9,13H2,(H,30,34). The van der Waals surface area contributed by atoms with Gasteiger partial charge in [-0.3, -0.25) is 9.59 Å². The highest BCUT2D eigenvalue weighted by atomic mass is 19.4. The molecular weight excluding hydrogens is 464 g/mol. The van der Waals surface area contributed by atoms with Crippen molar-refractivity contribution in [2.45, 2.75) is 31.6 Å². The van der Waals surface area contributed by atoms with Crippen LogP contribution in [0.25, 0.3) is 0 Å². The maximum absolute atomic E-state index is 13.1. The average molecular weight is 485 g/mol.